The summed E-state index contributed by atoms with van der Waals surface area (Å²) in [6.45, 7) is 5.25. The molecule has 6 heteroatoms. The molecule has 2 heterocycles. The molecule has 1 fully saturated rings. The number of hydrogen-bond donors (Lipinski definition) is 1. The van der Waals surface area contributed by atoms with E-state index in [1.54, 1.807) is 11.3 Å². The Hall–Kier alpha value is -0.980. The van der Waals surface area contributed by atoms with Gasteiger partial charge in [0, 0.05) is 25.0 Å². The lowest BCUT2D eigenvalue weighted by atomic mass is 10.1. The van der Waals surface area contributed by atoms with E-state index in [2.05, 4.69) is 15.3 Å². The highest BCUT2D eigenvalue weighted by Gasteiger charge is 2.20. The summed E-state index contributed by atoms with van der Waals surface area (Å²) in [5, 5.41) is 11.8. The Kier molecular flexibility index (Phi) is 5.30. The summed E-state index contributed by atoms with van der Waals surface area (Å²) in [6, 6.07) is 0. The molecule has 19 heavy (non-hydrogen) atoms. The van der Waals surface area contributed by atoms with E-state index >= 15 is 0 Å². The quantitative estimate of drug-likeness (QED) is 0.864. The minimum atomic E-state index is -0.795. The van der Waals surface area contributed by atoms with Crippen LogP contribution in [0, 0.1) is 6.92 Å². The van der Waals surface area contributed by atoms with Gasteiger partial charge < -0.3 is 9.84 Å². The third kappa shape index (κ3) is 4.89. The van der Waals surface area contributed by atoms with Gasteiger partial charge in [-0.05, 0) is 19.8 Å². The molecular formula is C13H20N2O3S. The zero-order valence-electron chi connectivity index (χ0n) is 11.2. The first-order valence-corrected chi connectivity index (χ1v) is 7.48. The SMILES string of the molecule is Cc1nc(CN2CCC(OCCC(=O)O)CC2)cs1. The van der Waals surface area contributed by atoms with Crippen molar-refractivity contribution in [2.24, 2.45) is 0 Å². The van der Waals surface area contributed by atoms with Crippen LogP contribution in [0.3, 0.4) is 0 Å². The van der Waals surface area contributed by atoms with Crippen molar-refractivity contribution in [1.82, 2.24) is 9.88 Å². The van der Waals surface area contributed by atoms with Gasteiger partial charge in [0.2, 0.25) is 0 Å². The molecule has 0 bridgehead atoms. The van der Waals surface area contributed by atoms with Crippen LogP contribution in [0.4, 0.5) is 0 Å². The number of nitrogens with zero attached hydrogens (tertiary/aromatic N) is 2. The van der Waals surface area contributed by atoms with Crippen LogP contribution < -0.4 is 0 Å². The minimum Gasteiger partial charge on any atom is -0.481 e. The number of thiazole rings is 1. The lowest BCUT2D eigenvalue weighted by Crippen LogP contribution is -2.36. The molecule has 0 aliphatic carbocycles. The molecule has 0 atom stereocenters. The van der Waals surface area contributed by atoms with Crippen LogP contribution in [0.2, 0.25) is 0 Å². The van der Waals surface area contributed by atoms with Crippen molar-refractivity contribution >= 4 is 17.3 Å². The number of aromatic nitrogens is 1. The van der Waals surface area contributed by atoms with Crippen LogP contribution in [-0.4, -0.2) is 46.8 Å². The van der Waals surface area contributed by atoms with Crippen molar-refractivity contribution in [3.05, 3.63) is 16.1 Å². The number of aliphatic carboxylic acids is 1. The molecule has 0 radical (unpaired) electrons. The van der Waals surface area contributed by atoms with Gasteiger partial charge in [-0.3, -0.25) is 9.69 Å². The number of carboxylic acids is 1. The van der Waals surface area contributed by atoms with E-state index in [1.165, 1.54) is 0 Å². The zero-order valence-corrected chi connectivity index (χ0v) is 12.0. The van der Waals surface area contributed by atoms with E-state index in [1.807, 2.05) is 6.92 Å². The molecule has 1 aliphatic heterocycles. The third-order valence-corrected chi connectivity index (χ3v) is 4.08. The standard InChI is InChI=1S/C13H20N2O3S/c1-10-14-11(9-19-10)8-15-5-2-12(3-6-15)18-7-4-13(16)17/h9,12H,2-8H2,1H3,(H,16,17). The molecular weight excluding hydrogens is 264 g/mol. The normalized spacial score (nSPS) is 17.7. The van der Waals surface area contributed by atoms with Crippen molar-refractivity contribution in [2.75, 3.05) is 19.7 Å². The van der Waals surface area contributed by atoms with Gasteiger partial charge >= 0.3 is 5.97 Å². The van der Waals surface area contributed by atoms with Crippen LogP contribution in [0.1, 0.15) is 30.0 Å². The Morgan fingerprint density at radius 2 is 2.32 bits per heavy atom. The second kappa shape index (κ2) is 6.98. The molecule has 1 aromatic heterocycles. The average molecular weight is 284 g/mol. The smallest absolute Gasteiger partial charge is 0.305 e. The maximum absolute atomic E-state index is 10.4. The third-order valence-electron chi connectivity index (χ3n) is 3.26. The predicted octanol–water partition coefficient (Wildman–Crippen LogP) is 1.91. The van der Waals surface area contributed by atoms with Crippen LogP contribution in [-0.2, 0) is 16.1 Å². The minimum absolute atomic E-state index is 0.0956. The predicted molar refractivity (Wildman–Crippen MR) is 73.4 cm³/mol. The molecule has 0 amide bonds. The summed E-state index contributed by atoms with van der Waals surface area (Å²) in [7, 11) is 0. The number of aryl methyl sites for hydroxylation is 1. The summed E-state index contributed by atoms with van der Waals surface area (Å²) < 4.78 is 5.58. The highest BCUT2D eigenvalue weighted by atomic mass is 32.1. The van der Waals surface area contributed by atoms with Crippen molar-refractivity contribution in [3.8, 4) is 0 Å². The van der Waals surface area contributed by atoms with Gasteiger partial charge in [0.25, 0.3) is 0 Å². The van der Waals surface area contributed by atoms with Gasteiger partial charge in [-0.2, -0.15) is 0 Å². The van der Waals surface area contributed by atoms with E-state index in [0.717, 1.165) is 43.2 Å². The molecule has 2 rings (SSSR count). The number of hydrogen-bond acceptors (Lipinski definition) is 5. The van der Waals surface area contributed by atoms with Crippen molar-refractivity contribution in [2.45, 2.75) is 38.8 Å². The number of carboxylic acid groups (broad SMARTS) is 1. The largest absolute Gasteiger partial charge is 0.481 e. The Balaban J connectivity index is 1.66. The first-order valence-electron chi connectivity index (χ1n) is 6.60. The van der Waals surface area contributed by atoms with Gasteiger partial charge in [-0.1, -0.05) is 0 Å². The van der Waals surface area contributed by atoms with E-state index in [4.69, 9.17) is 9.84 Å². The van der Waals surface area contributed by atoms with Crippen LogP contribution >= 0.6 is 11.3 Å². The van der Waals surface area contributed by atoms with Gasteiger partial charge in [0.1, 0.15) is 0 Å². The van der Waals surface area contributed by atoms with Gasteiger partial charge in [-0.15, -0.1) is 11.3 Å². The number of carbonyl (C=O) groups is 1. The first-order chi connectivity index (χ1) is 9.13. The second-order valence-electron chi connectivity index (χ2n) is 4.85. The summed E-state index contributed by atoms with van der Waals surface area (Å²) in [5.41, 5.74) is 1.15. The van der Waals surface area contributed by atoms with E-state index in [-0.39, 0.29) is 12.5 Å². The van der Waals surface area contributed by atoms with E-state index in [9.17, 15) is 4.79 Å². The molecule has 5 nitrogen and oxygen atoms in total. The summed E-state index contributed by atoms with van der Waals surface area (Å²) in [4.78, 5) is 17.3. The highest BCUT2D eigenvalue weighted by Crippen LogP contribution is 2.17. The lowest BCUT2D eigenvalue weighted by Gasteiger charge is -2.31. The number of ether oxygens (including phenoxy) is 1. The molecule has 1 N–H and O–H groups in total. The van der Waals surface area contributed by atoms with E-state index < -0.39 is 5.97 Å². The van der Waals surface area contributed by atoms with Crippen LogP contribution in [0.25, 0.3) is 0 Å². The van der Waals surface area contributed by atoms with Crippen molar-refractivity contribution in [1.29, 1.82) is 0 Å². The zero-order chi connectivity index (χ0) is 13.7. The summed E-state index contributed by atoms with van der Waals surface area (Å²) in [6.07, 6.45) is 2.26. The van der Waals surface area contributed by atoms with Gasteiger partial charge in [0.15, 0.2) is 0 Å². The average Bonchev–Trinajstić information content (AvgIpc) is 2.77. The van der Waals surface area contributed by atoms with Crippen LogP contribution in [0.5, 0.6) is 0 Å². The fourth-order valence-corrected chi connectivity index (χ4v) is 2.86. The van der Waals surface area contributed by atoms with E-state index in [0.29, 0.717) is 6.61 Å². The molecule has 0 aromatic carbocycles. The molecule has 106 valence electrons. The Bertz CT molecular complexity index is 414. The molecule has 1 aliphatic rings. The number of rotatable bonds is 6. The van der Waals surface area contributed by atoms with Crippen LogP contribution in [0.15, 0.2) is 5.38 Å². The summed E-state index contributed by atoms with van der Waals surface area (Å²) in [5.74, 6) is -0.795. The number of piperidine rings is 1. The monoisotopic (exact) mass is 284 g/mol. The highest BCUT2D eigenvalue weighted by molar-refractivity contribution is 7.09. The molecule has 0 unspecified atom stereocenters. The van der Waals surface area contributed by atoms with Gasteiger partial charge in [0.05, 0.1) is 29.8 Å². The fourth-order valence-electron chi connectivity index (χ4n) is 2.26. The fraction of sp³-hybridized carbons (Fsp3) is 0.692. The second-order valence-corrected chi connectivity index (χ2v) is 5.91. The van der Waals surface area contributed by atoms with Crippen molar-refractivity contribution < 1.29 is 14.6 Å². The lowest BCUT2D eigenvalue weighted by molar-refractivity contribution is -0.138. The van der Waals surface area contributed by atoms with Gasteiger partial charge in [-0.25, -0.2) is 4.98 Å². The molecule has 1 saturated heterocycles. The number of likely N-dealkylation sites (tertiary alicyclic amines) is 1. The Morgan fingerprint density at radius 3 is 2.89 bits per heavy atom. The molecule has 1 aromatic rings. The first kappa shape index (κ1) is 14.4. The maximum atomic E-state index is 10.4. The topological polar surface area (TPSA) is 62.7 Å². The molecule has 0 spiro atoms. The molecule has 0 saturated carbocycles. The Morgan fingerprint density at radius 1 is 1.58 bits per heavy atom. The summed E-state index contributed by atoms with van der Waals surface area (Å²) >= 11 is 1.69. The van der Waals surface area contributed by atoms with Crippen molar-refractivity contribution in [3.63, 3.8) is 0 Å². The maximum Gasteiger partial charge on any atom is 0.305 e. The Labute approximate surface area is 117 Å².